The van der Waals surface area contributed by atoms with E-state index in [-0.39, 0.29) is 12.4 Å². The van der Waals surface area contributed by atoms with Crippen molar-refractivity contribution in [2.75, 3.05) is 39.3 Å². The van der Waals surface area contributed by atoms with Crippen LogP contribution in [0.25, 0.3) is 10.7 Å². The number of hydrogen-bond donors (Lipinski definition) is 1. The fourth-order valence-corrected chi connectivity index (χ4v) is 4.30. The number of aromatic nitrogens is 2. The minimum Gasteiger partial charge on any atom is -0.314 e. The second-order valence-corrected chi connectivity index (χ2v) is 7.18. The Bertz CT molecular complexity index is 629. The van der Waals surface area contributed by atoms with E-state index in [2.05, 4.69) is 25.5 Å². The summed E-state index contributed by atoms with van der Waals surface area (Å²) in [5.41, 5.74) is 2.15. The summed E-state index contributed by atoms with van der Waals surface area (Å²) < 4.78 is 0. The lowest BCUT2D eigenvalue weighted by atomic mass is 10.2. The first kappa shape index (κ1) is 17.8. The molecule has 24 heavy (non-hydrogen) atoms. The molecular formula is C17H24ClN5S. The van der Waals surface area contributed by atoms with E-state index in [1.165, 1.54) is 38.3 Å². The van der Waals surface area contributed by atoms with Crippen molar-refractivity contribution in [3.8, 4) is 10.7 Å². The quantitative estimate of drug-likeness (QED) is 0.899. The van der Waals surface area contributed by atoms with Crippen molar-refractivity contribution in [1.29, 1.82) is 0 Å². The number of halogens is 1. The minimum absolute atomic E-state index is 0. The summed E-state index contributed by atoms with van der Waals surface area (Å²) in [6.07, 6.45) is 3.12. The van der Waals surface area contributed by atoms with E-state index in [0.717, 1.165) is 36.4 Å². The lowest BCUT2D eigenvalue weighted by Gasteiger charge is -2.32. The molecule has 0 saturated carbocycles. The third-order valence-corrected chi connectivity index (χ3v) is 5.65. The number of piperazine rings is 1. The Morgan fingerprint density at radius 1 is 1.21 bits per heavy atom. The Hall–Kier alpha value is -1.05. The molecule has 0 aromatic carbocycles. The Balaban J connectivity index is 0.00000169. The van der Waals surface area contributed by atoms with Gasteiger partial charge in [-0.15, -0.1) is 23.7 Å². The van der Waals surface area contributed by atoms with Crippen LogP contribution in [-0.2, 0) is 6.54 Å². The van der Waals surface area contributed by atoms with Gasteiger partial charge in [-0.3, -0.25) is 14.8 Å². The van der Waals surface area contributed by atoms with Crippen molar-refractivity contribution in [2.45, 2.75) is 19.0 Å². The molecule has 2 aliphatic rings. The monoisotopic (exact) mass is 365 g/mol. The summed E-state index contributed by atoms with van der Waals surface area (Å²) in [5, 5.41) is 6.65. The maximum atomic E-state index is 4.77. The van der Waals surface area contributed by atoms with Gasteiger partial charge in [-0.1, -0.05) is 6.07 Å². The summed E-state index contributed by atoms with van der Waals surface area (Å²) in [6.45, 7) is 7.98. The molecule has 2 aliphatic heterocycles. The van der Waals surface area contributed by atoms with Crippen LogP contribution in [0.4, 0.5) is 0 Å². The van der Waals surface area contributed by atoms with Gasteiger partial charge in [-0.25, -0.2) is 4.98 Å². The molecule has 2 aromatic rings. The zero-order valence-corrected chi connectivity index (χ0v) is 15.4. The molecule has 0 amide bonds. The summed E-state index contributed by atoms with van der Waals surface area (Å²) in [5.74, 6) is 0. The van der Waals surface area contributed by atoms with Gasteiger partial charge < -0.3 is 5.32 Å². The van der Waals surface area contributed by atoms with E-state index in [9.17, 15) is 0 Å². The van der Waals surface area contributed by atoms with Crippen LogP contribution in [0.2, 0.25) is 0 Å². The van der Waals surface area contributed by atoms with Crippen molar-refractivity contribution in [3.05, 3.63) is 35.5 Å². The van der Waals surface area contributed by atoms with Gasteiger partial charge in [0, 0.05) is 63.4 Å². The molecule has 0 radical (unpaired) electrons. The molecule has 2 saturated heterocycles. The van der Waals surface area contributed by atoms with E-state index >= 15 is 0 Å². The lowest BCUT2D eigenvalue weighted by molar-refractivity contribution is 0.170. The first-order valence-electron chi connectivity index (χ1n) is 8.41. The number of nitrogens with zero attached hydrogens (tertiary/aromatic N) is 4. The van der Waals surface area contributed by atoms with Crippen LogP contribution in [0.1, 0.15) is 12.1 Å². The minimum atomic E-state index is 0. The first-order chi connectivity index (χ1) is 11.4. The van der Waals surface area contributed by atoms with Gasteiger partial charge in [0.25, 0.3) is 0 Å². The van der Waals surface area contributed by atoms with Crippen molar-refractivity contribution >= 4 is 23.7 Å². The standard InChI is InChI=1S/C17H23N5S.ClH/c1-2-5-19-16(3-1)17-20-14(13-23-17)11-21-8-4-15(12-21)22-9-6-18-7-10-22;/h1-3,5,13,15,18H,4,6-12H2;1H. The zero-order valence-electron chi connectivity index (χ0n) is 13.7. The fraction of sp³-hybridized carbons (Fsp3) is 0.529. The van der Waals surface area contributed by atoms with E-state index < -0.39 is 0 Å². The summed E-state index contributed by atoms with van der Waals surface area (Å²) in [4.78, 5) is 14.4. The Morgan fingerprint density at radius 2 is 2.08 bits per heavy atom. The highest BCUT2D eigenvalue weighted by Crippen LogP contribution is 2.24. The number of likely N-dealkylation sites (tertiary alicyclic amines) is 1. The Kier molecular flexibility index (Phi) is 6.19. The van der Waals surface area contributed by atoms with Gasteiger partial charge in [-0.05, 0) is 18.6 Å². The molecule has 1 unspecified atom stereocenters. The van der Waals surface area contributed by atoms with Gasteiger partial charge >= 0.3 is 0 Å². The predicted octanol–water partition coefficient (Wildman–Crippen LogP) is 2.11. The average Bonchev–Trinajstić information content (AvgIpc) is 3.27. The summed E-state index contributed by atoms with van der Waals surface area (Å²) in [6, 6.07) is 6.71. The van der Waals surface area contributed by atoms with Crippen LogP contribution in [-0.4, -0.2) is 65.1 Å². The molecule has 1 atom stereocenters. The molecule has 1 N–H and O–H groups in total. The molecule has 4 rings (SSSR count). The van der Waals surface area contributed by atoms with Crippen molar-refractivity contribution in [2.24, 2.45) is 0 Å². The topological polar surface area (TPSA) is 44.3 Å². The Morgan fingerprint density at radius 3 is 2.88 bits per heavy atom. The summed E-state index contributed by atoms with van der Waals surface area (Å²) in [7, 11) is 0. The van der Waals surface area contributed by atoms with Crippen LogP contribution in [0.3, 0.4) is 0 Å². The number of hydrogen-bond acceptors (Lipinski definition) is 6. The van der Waals surface area contributed by atoms with Gasteiger partial charge in [0.2, 0.25) is 0 Å². The molecule has 2 aromatic heterocycles. The molecule has 4 heterocycles. The molecule has 5 nitrogen and oxygen atoms in total. The highest BCUT2D eigenvalue weighted by Gasteiger charge is 2.28. The number of thiazole rings is 1. The molecule has 0 spiro atoms. The predicted molar refractivity (Wildman–Crippen MR) is 101 cm³/mol. The zero-order chi connectivity index (χ0) is 15.5. The summed E-state index contributed by atoms with van der Waals surface area (Å²) >= 11 is 1.70. The molecule has 0 bridgehead atoms. The molecule has 2 fully saturated rings. The van der Waals surface area contributed by atoms with Crippen molar-refractivity contribution in [1.82, 2.24) is 25.1 Å². The highest BCUT2D eigenvalue weighted by atomic mass is 35.5. The second kappa shape index (κ2) is 8.36. The van der Waals surface area contributed by atoms with Gasteiger partial charge in [0.05, 0.1) is 11.4 Å². The van der Waals surface area contributed by atoms with Crippen LogP contribution in [0, 0.1) is 0 Å². The van der Waals surface area contributed by atoms with E-state index in [1.54, 1.807) is 11.3 Å². The third kappa shape index (κ3) is 4.13. The van der Waals surface area contributed by atoms with Crippen molar-refractivity contribution < 1.29 is 0 Å². The smallest absolute Gasteiger partial charge is 0.142 e. The molecule has 130 valence electrons. The maximum Gasteiger partial charge on any atom is 0.142 e. The van der Waals surface area contributed by atoms with Crippen LogP contribution >= 0.6 is 23.7 Å². The van der Waals surface area contributed by atoms with Crippen LogP contribution in [0.5, 0.6) is 0 Å². The number of pyridine rings is 1. The van der Waals surface area contributed by atoms with Crippen LogP contribution < -0.4 is 5.32 Å². The van der Waals surface area contributed by atoms with Gasteiger partial charge in [0.15, 0.2) is 0 Å². The van der Waals surface area contributed by atoms with Crippen molar-refractivity contribution in [3.63, 3.8) is 0 Å². The number of rotatable bonds is 4. The SMILES string of the molecule is Cl.c1ccc(-c2nc(CN3CCC(N4CCNCC4)C3)cs2)nc1. The first-order valence-corrected chi connectivity index (χ1v) is 9.29. The van der Waals surface area contributed by atoms with Crippen LogP contribution in [0.15, 0.2) is 29.8 Å². The van der Waals surface area contributed by atoms with Gasteiger partial charge in [-0.2, -0.15) is 0 Å². The Labute approximate surface area is 153 Å². The van der Waals surface area contributed by atoms with E-state index in [0.29, 0.717) is 0 Å². The second-order valence-electron chi connectivity index (χ2n) is 6.32. The maximum absolute atomic E-state index is 4.77. The fourth-order valence-electron chi connectivity index (χ4n) is 3.52. The van der Waals surface area contributed by atoms with Gasteiger partial charge in [0.1, 0.15) is 5.01 Å². The third-order valence-electron chi connectivity index (χ3n) is 4.74. The average molecular weight is 366 g/mol. The molecular weight excluding hydrogens is 342 g/mol. The number of nitrogens with one attached hydrogen (secondary N) is 1. The van der Waals surface area contributed by atoms with E-state index in [1.807, 2.05) is 24.4 Å². The molecule has 0 aliphatic carbocycles. The lowest BCUT2D eigenvalue weighted by Crippen LogP contribution is -2.49. The van der Waals surface area contributed by atoms with E-state index in [4.69, 9.17) is 4.98 Å². The highest BCUT2D eigenvalue weighted by molar-refractivity contribution is 7.13. The molecule has 7 heteroatoms. The largest absolute Gasteiger partial charge is 0.314 e. The normalized spacial score (nSPS) is 22.4.